The third-order valence-electron chi connectivity index (χ3n) is 2.97. The molecule has 0 aliphatic carbocycles. The molecule has 0 atom stereocenters. The number of carbonyl (C=O) groups excluding carboxylic acids is 1. The lowest BCUT2D eigenvalue weighted by atomic mass is 10.1. The highest BCUT2D eigenvalue weighted by molar-refractivity contribution is 5.72. The van der Waals surface area contributed by atoms with Crippen molar-refractivity contribution in [3.63, 3.8) is 0 Å². The average molecular weight is 282 g/mol. The van der Waals surface area contributed by atoms with Gasteiger partial charge in [0, 0.05) is 0 Å². The molecule has 0 bridgehead atoms. The van der Waals surface area contributed by atoms with Crippen molar-refractivity contribution < 1.29 is 14.3 Å². The van der Waals surface area contributed by atoms with Gasteiger partial charge in [0.15, 0.2) is 0 Å². The molecule has 0 N–H and O–H groups in total. The molecule has 0 saturated heterocycles. The van der Waals surface area contributed by atoms with Gasteiger partial charge >= 0.3 is 5.97 Å². The highest BCUT2D eigenvalue weighted by atomic mass is 16.5. The van der Waals surface area contributed by atoms with E-state index in [0.717, 1.165) is 16.7 Å². The van der Waals surface area contributed by atoms with Crippen molar-refractivity contribution in [3.05, 3.63) is 77.5 Å². The monoisotopic (exact) mass is 282 g/mol. The molecule has 0 amide bonds. The van der Waals surface area contributed by atoms with Crippen LogP contribution in [0.3, 0.4) is 0 Å². The highest BCUT2D eigenvalue weighted by Gasteiger charge is 2.05. The lowest BCUT2D eigenvalue weighted by Gasteiger charge is -2.05. The summed E-state index contributed by atoms with van der Waals surface area (Å²) in [6.07, 6.45) is 3.75. The maximum Gasteiger partial charge on any atom is 0.310 e. The SMILES string of the molecule is COC=Cc1ccc(CC(=O)OCc2ccccc2)cc1. The number of carbonyl (C=O) groups is 1. The molecule has 0 spiro atoms. The van der Waals surface area contributed by atoms with Crippen LogP contribution in [0.2, 0.25) is 0 Å². The van der Waals surface area contributed by atoms with Crippen molar-refractivity contribution in [3.8, 4) is 0 Å². The zero-order chi connectivity index (χ0) is 14.9. The molecule has 2 rings (SSSR count). The second kappa shape index (κ2) is 7.90. The number of benzene rings is 2. The summed E-state index contributed by atoms with van der Waals surface area (Å²) >= 11 is 0. The molecule has 21 heavy (non-hydrogen) atoms. The fourth-order valence-electron chi connectivity index (χ4n) is 1.85. The van der Waals surface area contributed by atoms with Gasteiger partial charge in [-0.1, -0.05) is 54.6 Å². The zero-order valence-electron chi connectivity index (χ0n) is 12.0. The quantitative estimate of drug-likeness (QED) is 0.600. The molecular formula is C18H18O3. The van der Waals surface area contributed by atoms with Crippen molar-refractivity contribution in [1.82, 2.24) is 0 Å². The molecule has 108 valence electrons. The van der Waals surface area contributed by atoms with E-state index in [-0.39, 0.29) is 12.4 Å². The zero-order valence-corrected chi connectivity index (χ0v) is 12.0. The Hall–Kier alpha value is -2.55. The van der Waals surface area contributed by atoms with Crippen LogP contribution in [0.4, 0.5) is 0 Å². The molecule has 0 aromatic heterocycles. The van der Waals surface area contributed by atoms with Crippen LogP contribution in [-0.4, -0.2) is 13.1 Å². The van der Waals surface area contributed by atoms with E-state index in [1.807, 2.05) is 60.7 Å². The molecule has 0 unspecified atom stereocenters. The molecule has 3 nitrogen and oxygen atoms in total. The maximum absolute atomic E-state index is 11.8. The second-order valence-electron chi connectivity index (χ2n) is 4.60. The van der Waals surface area contributed by atoms with Gasteiger partial charge in [-0.25, -0.2) is 0 Å². The van der Waals surface area contributed by atoms with E-state index in [0.29, 0.717) is 6.61 Å². The molecule has 2 aromatic rings. The summed E-state index contributed by atoms with van der Waals surface area (Å²) in [4.78, 5) is 11.8. The summed E-state index contributed by atoms with van der Waals surface area (Å²) in [6.45, 7) is 0.314. The first-order chi connectivity index (χ1) is 10.3. The lowest BCUT2D eigenvalue weighted by molar-refractivity contribution is -0.144. The molecule has 0 heterocycles. The number of esters is 1. The summed E-state index contributed by atoms with van der Waals surface area (Å²) in [5.41, 5.74) is 2.95. The van der Waals surface area contributed by atoms with E-state index in [4.69, 9.17) is 9.47 Å². The van der Waals surface area contributed by atoms with E-state index < -0.39 is 0 Å². The number of methoxy groups -OCH3 is 1. The summed E-state index contributed by atoms with van der Waals surface area (Å²) in [5.74, 6) is -0.223. The Labute approximate surface area is 124 Å². The Morgan fingerprint density at radius 2 is 1.71 bits per heavy atom. The van der Waals surface area contributed by atoms with E-state index >= 15 is 0 Å². The molecule has 0 fully saturated rings. The van der Waals surface area contributed by atoms with E-state index in [2.05, 4.69) is 0 Å². The average Bonchev–Trinajstić information content (AvgIpc) is 2.53. The van der Waals surface area contributed by atoms with Crippen LogP contribution in [0.1, 0.15) is 16.7 Å². The molecule has 0 aliphatic rings. The van der Waals surface area contributed by atoms with Crippen LogP contribution < -0.4 is 0 Å². The normalized spacial score (nSPS) is 10.5. The first-order valence-electron chi connectivity index (χ1n) is 6.76. The predicted molar refractivity (Wildman–Crippen MR) is 82.4 cm³/mol. The Balaban J connectivity index is 1.83. The lowest BCUT2D eigenvalue weighted by Crippen LogP contribution is -2.07. The summed E-state index contributed by atoms with van der Waals surface area (Å²) < 4.78 is 10.1. The molecular weight excluding hydrogens is 264 g/mol. The van der Waals surface area contributed by atoms with Gasteiger partial charge in [0.05, 0.1) is 19.8 Å². The summed E-state index contributed by atoms with van der Waals surface area (Å²) in [6, 6.07) is 17.4. The van der Waals surface area contributed by atoms with Gasteiger partial charge in [0.25, 0.3) is 0 Å². The van der Waals surface area contributed by atoms with Crippen molar-refractivity contribution in [2.24, 2.45) is 0 Å². The van der Waals surface area contributed by atoms with Gasteiger partial charge in [0.1, 0.15) is 6.61 Å². The van der Waals surface area contributed by atoms with Crippen LogP contribution in [0.15, 0.2) is 60.9 Å². The molecule has 0 saturated carbocycles. The van der Waals surface area contributed by atoms with Gasteiger partial charge in [-0.2, -0.15) is 0 Å². The molecule has 0 radical (unpaired) electrons. The summed E-state index contributed by atoms with van der Waals surface area (Å²) in [5, 5.41) is 0. The maximum atomic E-state index is 11.8. The summed E-state index contributed by atoms with van der Waals surface area (Å²) in [7, 11) is 1.60. The van der Waals surface area contributed by atoms with Crippen LogP contribution in [-0.2, 0) is 27.3 Å². The van der Waals surface area contributed by atoms with E-state index in [1.54, 1.807) is 13.4 Å². The van der Waals surface area contributed by atoms with Crippen molar-refractivity contribution in [2.75, 3.05) is 7.11 Å². The third-order valence-corrected chi connectivity index (χ3v) is 2.97. The Morgan fingerprint density at radius 3 is 2.38 bits per heavy atom. The van der Waals surface area contributed by atoms with Crippen LogP contribution in [0.5, 0.6) is 0 Å². The van der Waals surface area contributed by atoms with E-state index in [9.17, 15) is 4.79 Å². The Morgan fingerprint density at radius 1 is 1.00 bits per heavy atom. The third kappa shape index (κ3) is 5.15. The van der Waals surface area contributed by atoms with Crippen LogP contribution in [0, 0.1) is 0 Å². The Bertz CT molecular complexity index is 586. The number of hydrogen-bond acceptors (Lipinski definition) is 3. The van der Waals surface area contributed by atoms with Gasteiger partial charge < -0.3 is 9.47 Å². The van der Waals surface area contributed by atoms with Gasteiger partial charge in [-0.15, -0.1) is 0 Å². The highest BCUT2D eigenvalue weighted by Crippen LogP contribution is 2.08. The van der Waals surface area contributed by atoms with Crippen molar-refractivity contribution in [2.45, 2.75) is 13.0 Å². The van der Waals surface area contributed by atoms with Gasteiger partial charge in [-0.05, 0) is 22.8 Å². The van der Waals surface area contributed by atoms with E-state index in [1.165, 1.54) is 0 Å². The topological polar surface area (TPSA) is 35.5 Å². The fourth-order valence-corrected chi connectivity index (χ4v) is 1.85. The number of rotatable bonds is 6. The minimum absolute atomic E-state index is 0.223. The first-order valence-corrected chi connectivity index (χ1v) is 6.76. The smallest absolute Gasteiger partial charge is 0.310 e. The minimum atomic E-state index is -0.223. The molecule has 2 aromatic carbocycles. The first kappa shape index (κ1) is 14.9. The molecule has 0 aliphatic heterocycles. The standard InChI is InChI=1S/C18H18O3/c1-20-12-11-15-7-9-16(10-8-15)13-18(19)21-14-17-5-3-2-4-6-17/h2-12H,13-14H2,1H3. The number of ether oxygens (including phenoxy) is 2. The van der Waals surface area contributed by atoms with Crippen LogP contribution >= 0.6 is 0 Å². The largest absolute Gasteiger partial charge is 0.504 e. The number of hydrogen-bond donors (Lipinski definition) is 0. The Kier molecular flexibility index (Phi) is 5.59. The molecule has 3 heteroatoms. The van der Waals surface area contributed by atoms with Gasteiger partial charge in [-0.3, -0.25) is 4.79 Å². The van der Waals surface area contributed by atoms with Crippen LogP contribution in [0.25, 0.3) is 6.08 Å². The fraction of sp³-hybridized carbons (Fsp3) is 0.167. The van der Waals surface area contributed by atoms with Crippen molar-refractivity contribution >= 4 is 12.0 Å². The predicted octanol–water partition coefficient (Wildman–Crippen LogP) is 3.59. The minimum Gasteiger partial charge on any atom is -0.504 e. The second-order valence-corrected chi connectivity index (χ2v) is 4.60. The van der Waals surface area contributed by atoms with Gasteiger partial charge in [0.2, 0.25) is 0 Å². The van der Waals surface area contributed by atoms with Crippen molar-refractivity contribution in [1.29, 1.82) is 0 Å².